The summed E-state index contributed by atoms with van der Waals surface area (Å²) < 4.78 is 16.6. The van der Waals surface area contributed by atoms with Crippen LogP contribution in [0.3, 0.4) is 0 Å². The van der Waals surface area contributed by atoms with E-state index < -0.39 is 0 Å². The molecule has 2 aromatic heterocycles. The van der Waals surface area contributed by atoms with Crippen LogP contribution in [0.1, 0.15) is 30.9 Å². The van der Waals surface area contributed by atoms with Crippen molar-refractivity contribution in [2.45, 2.75) is 36.9 Å². The number of halogens is 1. The minimum atomic E-state index is -0.340. The third kappa shape index (κ3) is 4.32. The first-order chi connectivity index (χ1) is 17.6. The molecule has 0 N–H and O–H groups in total. The van der Waals surface area contributed by atoms with Crippen LogP contribution in [0, 0.1) is 11.7 Å². The molecule has 4 aromatic rings. The molecule has 2 aliphatic heterocycles. The number of hydrogen-bond donors (Lipinski definition) is 0. The number of rotatable bonds is 5. The second-order valence-electron chi connectivity index (χ2n) is 9.52. The Kier molecular flexibility index (Phi) is 6.08. The number of amides is 1. The van der Waals surface area contributed by atoms with Crippen LogP contribution in [0.4, 0.5) is 4.39 Å². The van der Waals surface area contributed by atoms with E-state index in [2.05, 4.69) is 29.4 Å². The number of piperidine rings is 1. The number of hydrogen-bond acceptors (Lipinski definition) is 5. The van der Waals surface area contributed by atoms with Gasteiger partial charge in [0.25, 0.3) is 5.56 Å². The summed E-state index contributed by atoms with van der Waals surface area (Å²) in [6.45, 7) is 1.53. The van der Waals surface area contributed by atoms with Gasteiger partial charge in [0.05, 0.1) is 17.9 Å². The largest absolute Gasteiger partial charge is 0.343 e. The molecule has 7 nitrogen and oxygen atoms in total. The lowest BCUT2D eigenvalue weighted by Crippen LogP contribution is -2.40. The van der Waals surface area contributed by atoms with E-state index in [0.717, 1.165) is 32.4 Å². The van der Waals surface area contributed by atoms with Crippen molar-refractivity contribution >= 4 is 28.7 Å². The lowest BCUT2D eigenvalue weighted by atomic mass is 9.90. The van der Waals surface area contributed by atoms with Gasteiger partial charge in [-0.3, -0.25) is 14.2 Å². The van der Waals surface area contributed by atoms with Gasteiger partial charge < -0.3 is 4.90 Å². The highest BCUT2D eigenvalue weighted by atomic mass is 32.2. The highest BCUT2D eigenvalue weighted by Gasteiger charge is 2.32. The molecule has 184 valence electrons. The normalized spacial score (nSPS) is 18.0. The maximum atomic E-state index is 13.4. The van der Waals surface area contributed by atoms with Gasteiger partial charge in [-0.15, -0.1) is 0 Å². The summed E-state index contributed by atoms with van der Waals surface area (Å²) in [4.78, 5) is 33.2. The topological polar surface area (TPSA) is 73.0 Å². The monoisotopic (exact) mass is 503 g/mol. The second kappa shape index (κ2) is 9.54. The van der Waals surface area contributed by atoms with E-state index in [9.17, 15) is 14.0 Å². The van der Waals surface area contributed by atoms with Crippen LogP contribution in [0.15, 0.2) is 70.7 Å². The molecule has 6 rings (SSSR count). The van der Waals surface area contributed by atoms with E-state index in [4.69, 9.17) is 4.98 Å². The first-order valence-electron chi connectivity index (χ1n) is 12.3. The average molecular weight is 504 g/mol. The summed E-state index contributed by atoms with van der Waals surface area (Å²) in [6, 6.07) is 16.2. The molecule has 0 spiro atoms. The van der Waals surface area contributed by atoms with Gasteiger partial charge in [-0.1, -0.05) is 42.1 Å². The third-order valence-corrected chi connectivity index (χ3v) is 8.28. The smallest absolute Gasteiger partial charge is 0.265 e. The van der Waals surface area contributed by atoms with Gasteiger partial charge in [0.2, 0.25) is 5.91 Å². The zero-order chi connectivity index (χ0) is 24.6. The molecule has 0 aliphatic carbocycles. The number of fused-ring (bicyclic) bond motifs is 2. The highest BCUT2D eigenvalue weighted by molar-refractivity contribution is 7.99. The maximum absolute atomic E-state index is 13.4. The van der Waals surface area contributed by atoms with E-state index in [1.807, 2.05) is 11.0 Å². The Morgan fingerprint density at radius 1 is 1.06 bits per heavy atom. The fourth-order valence-corrected chi connectivity index (χ4v) is 6.35. The van der Waals surface area contributed by atoms with Gasteiger partial charge in [-0.2, -0.15) is 5.10 Å². The molecule has 1 fully saturated rings. The molecule has 0 radical (unpaired) electrons. The fourth-order valence-electron chi connectivity index (χ4n) is 5.22. The molecule has 1 saturated heterocycles. The van der Waals surface area contributed by atoms with Gasteiger partial charge in [0.1, 0.15) is 11.2 Å². The summed E-state index contributed by atoms with van der Waals surface area (Å²) in [5.74, 6) is 0.986. The predicted molar refractivity (Wildman–Crippen MR) is 137 cm³/mol. The zero-order valence-electron chi connectivity index (χ0n) is 19.7. The lowest BCUT2D eigenvalue weighted by molar-refractivity contribution is -0.133. The van der Waals surface area contributed by atoms with Crippen LogP contribution in [0.5, 0.6) is 0 Å². The van der Waals surface area contributed by atoms with Crippen molar-refractivity contribution < 1.29 is 9.18 Å². The van der Waals surface area contributed by atoms with Gasteiger partial charge in [-0.25, -0.2) is 14.1 Å². The van der Waals surface area contributed by atoms with Gasteiger partial charge in [-0.05, 0) is 55.0 Å². The number of nitrogens with zero attached hydrogens (tertiary/aromatic N) is 5. The summed E-state index contributed by atoms with van der Waals surface area (Å²) in [5, 5.41) is 5.31. The molecule has 36 heavy (non-hydrogen) atoms. The van der Waals surface area contributed by atoms with Crippen LogP contribution < -0.4 is 5.56 Å². The van der Waals surface area contributed by atoms with Crippen LogP contribution in [-0.2, 0) is 11.2 Å². The van der Waals surface area contributed by atoms with Gasteiger partial charge in [0, 0.05) is 25.3 Å². The molecule has 1 unspecified atom stereocenters. The Hall–Kier alpha value is -3.46. The zero-order valence-corrected chi connectivity index (χ0v) is 20.5. The summed E-state index contributed by atoms with van der Waals surface area (Å²) >= 11 is 1.48. The van der Waals surface area contributed by atoms with Crippen LogP contribution in [0.2, 0.25) is 0 Å². The van der Waals surface area contributed by atoms with Crippen LogP contribution in [0.25, 0.3) is 16.7 Å². The minimum Gasteiger partial charge on any atom is -0.343 e. The van der Waals surface area contributed by atoms with Crippen molar-refractivity contribution in [3.05, 3.63) is 82.5 Å². The molecule has 0 saturated carbocycles. The van der Waals surface area contributed by atoms with Crippen molar-refractivity contribution in [1.29, 1.82) is 0 Å². The number of carbonyl (C=O) groups excluding carboxylic acids is 1. The van der Waals surface area contributed by atoms with E-state index in [1.165, 1.54) is 35.7 Å². The summed E-state index contributed by atoms with van der Waals surface area (Å²) in [5.41, 5.74) is 2.24. The van der Waals surface area contributed by atoms with E-state index in [0.29, 0.717) is 40.0 Å². The first kappa shape index (κ1) is 23.0. The maximum Gasteiger partial charge on any atom is 0.265 e. The minimum absolute atomic E-state index is 0.0978. The molecule has 2 aliphatic rings. The Morgan fingerprint density at radius 3 is 2.56 bits per heavy atom. The molecule has 9 heteroatoms. The van der Waals surface area contributed by atoms with Crippen molar-refractivity contribution in [1.82, 2.24) is 24.2 Å². The third-order valence-electron chi connectivity index (χ3n) is 7.19. The Balaban J connectivity index is 1.15. The quantitative estimate of drug-likeness (QED) is 0.381. The average Bonchev–Trinajstić information content (AvgIpc) is 3.51. The Morgan fingerprint density at radius 2 is 1.81 bits per heavy atom. The summed E-state index contributed by atoms with van der Waals surface area (Å²) in [7, 11) is 0. The number of benzene rings is 2. The molecule has 1 atom stereocenters. The van der Waals surface area contributed by atoms with Crippen molar-refractivity contribution in [3.63, 3.8) is 0 Å². The van der Waals surface area contributed by atoms with Crippen molar-refractivity contribution in [2.75, 3.05) is 18.8 Å². The second-order valence-corrected chi connectivity index (χ2v) is 10.5. The van der Waals surface area contributed by atoms with E-state index in [-0.39, 0.29) is 23.3 Å². The Labute approximate surface area is 211 Å². The standard InChI is InChI=1S/C27H26FN5O2S/c28-20-6-8-21(9-7-20)33-25-23(16-29-33)26(35)32-22(17-36-27(32)30-25)15-24(34)31-12-10-19(11-13-31)14-18-4-2-1-3-5-18/h1-9,16,19,22H,10-15,17H2. The molecule has 1 amide bonds. The SMILES string of the molecule is O=C(CC1CSc2nc3c(cnn3-c3ccc(F)cc3)c(=O)n21)N1CCC(Cc2ccccc2)CC1. The molecule has 0 bridgehead atoms. The van der Waals surface area contributed by atoms with Crippen molar-refractivity contribution in [2.24, 2.45) is 5.92 Å². The Bertz CT molecular complexity index is 1460. The van der Waals surface area contributed by atoms with Crippen LogP contribution >= 0.6 is 11.8 Å². The predicted octanol–water partition coefficient (Wildman–Crippen LogP) is 4.24. The summed E-state index contributed by atoms with van der Waals surface area (Å²) in [6.07, 6.45) is 4.85. The van der Waals surface area contributed by atoms with Crippen molar-refractivity contribution in [3.8, 4) is 5.69 Å². The molecule has 2 aromatic carbocycles. The first-order valence-corrected chi connectivity index (χ1v) is 13.3. The molecule has 4 heterocycles. The highest BCUT2D eigenvalue weighted by Crippen LogP contribution is 2.34. The van der Waals surface area contributed by atoms with E-state index in [1.54, 1.807) is 21.4 Å². The number of likely N-dealkylation sites (tertiary alicyclic amines) is 1. The van der Waals surface area contributed by atoms with Gasteiger partial charge in [0.15, 0.2) is 10.8 Å². The number of thioether (sulfide) groups is 1. The molecular weight excluding hydrogens is 477 g/mol. The molecular formula is C27H26FN5O2S. The number of aromatic nitrogens is 4. The fraction of sp³-hybridized carbons (Fsp3) is 0.333. The van der Waals surface area contributed by atoms with Crippen LogP contribution in [-0.4, -0.2) is 49.0 Å². The van der Waals surface area contributed by atoms with E-state index >= 15 is 0 Å². The number of carbonyl (C=O) groups is 1. The van der Waals surface area contributed by atoms with Gasteiger partial charge >= 0.3 is 0 Å². The lowest BCUT2D eigenvalue weighted by Gasteiger charge is -2.33.